The lowest BCUT2D eigenvalue weighted by molar-refractivity contribution is 0.176. The van der Waals surface area contributed by atoms with E-state index in [4.69, 9.17) is 9.47 Å². The molecule has 1 aromatic rings. The zero-order valence-corrected chi connectivity index (χ0v) is 13.4. The number of ether oxygens (including phenoxy) is 2. The van der Waals surface area contributed by atoms with Gasteiger partial charge in [-0.25, -0.2) is 0 Å². The van der Waals surface area contributed by atoms with E-state index in [2.05, 4.69) is 38.7 Å². The maximum atomic E-state index is 6.03. The summed E-state index contributed by atoms with van der Waals surface area (Å²) in [6, 6.07) is 4.79. The largest absolute Gasteiger partial charge is 0.493 e. The second kappa shape index (κ2) is 6.49. The van der Waals surface area contributed by atoms with Crippen LogP contribution in [0.1, 0.15) is 45.2 Å². The second-order valence-corrected chi connectivity index (χ2v) is 5.92. The van der Waals surface area contributed by atoms with E-state index < -0.39 is 0 Å². The van der Waals surface area contributed by atoms with Crippen molar-refractivity contribution in [2.24, 2.45) is 0 Å². The number of nitrogens with zero attached hydrogens (tertiary/aromatic N) is 1. The molecule has 1 heterocycles. The second-order valence-electron chi connectivity index (χ2n) is 5.92. The standard InChI is InChI=1S/C17H27NO2/c1-6-9-18-11-14-7-8-16(19-5)17(20-12(2)3)15(14)10-13(18)4/h7-8,12-13H,6,9-11H2,1-5H3. The molecule has 0 aromatic heterocycles. The van der Waals surface area contributed by atoms with Gasteiger partial charge in [-0.05, 0) is 51.8 Å². The molecular formula is C17H27NO2. The molecule has 3 nitrogen and oxygen atoms in total. The molecule has 3 heteroatoms. The molecule has 0 saturated heterocycles. The third kappa shape index (κ3) is 3.09. The third-order valence-electron chi connectivity index (χ3n) is 3.90. The minimum absolute atomic E-state index is 0.166. The van der Waals surface area contributed by atoms with E-state index in [1.165, 1.54) is 17.5 Å². The van der Waals surface area contributed by atoms with E-state index in [1.807, 2.05) is 6.07 Å². The van der Waals surface area contributed by atoms with Crippen LogP contribution < -0.4 is 9.47 Å². The lowest BCUT2D eigenvalue weighted by atomic mass is 9.93. The van der Waals surface area contributed by atoms with Gasteiger partial charge in [0.05, 0.1) is 13.2 Å². The molecule has 1 aliphatic heterocycles. The fourth-order valence-corrected chi connectivity index (χ4v) is 2.93. The molecule has 0 aliphatic carbocycles. The summed E-state index contributed by atoms with van der Waals surface area (Å²) in [6.45, 7) is 10.8. The summed E-state index contributed by atoms with van der Waals surface area (Å²) in [6.07, 6.45) is 2.40. The summed E-state index contributed by atoms with van der Waals surface area (Å²) < 4.78 is 11.5. The first-order chi connectivity index (χ1) is 9.56. The molecule has 0 amide bonds. The number of benzene rings is 1. The fraction of sp³-hybridized carbons (Fsp3) is 0.647. The number of hydrogen-bond acceptors (Lipinski definition) is 3. The summed E-state index contributed by atoms with van der Waals surface area (Å²) in [5.41, 5.74) is 2.71. The van der Waals surface area contributed by atoms with Crippen molar-refractivity contribution in [3.05, 3.63) is 23.3 Å². The van der Waals surface area contributed by atoms with Crippen LogP contribution >= 0.6 is 0 Å². The van der Waals surface area contributed by atoms with Gasteiger partial charge in [0.1, 0.15) is 0 Å². The van der Waals surface area contributed by atoms with Gasteiger partial charge in [-0.3, -0.25) is 4.90 Å². The van der Waals surface area contributed by atoms with E-state index in [9.17, 15) is 0 Å². The quantitative estimate of drug-likeness (QED) is 0.820. The van der Waals surface area contributed by atoms with E-state index in [1.54, 1.807) is 7.11 Å². The van der Waals surface area contributed by atoms with Crippen LogP contribution in [0.4, 0.5) is 0 Å². The van der Waals surface area contributed by atoms with Gasteiger partial charge in [0, 0.05) is 18.2 Å². The summed E-state index contributed by atoms with van der Waals surface area (Å²) in [7, 11) is 1.71. The van der Waals surface area contributed by atoms with E-state index >= 15 is 0 Å². The van der Waals surface area contributed by atoms with Crippen molar-refractivity contribution in [1.29, 1.82) is 0 Å². The molecule has 2 rings (SSSR count). The summed E-state index contributed by atoms with van der Waals surface area (Å²) in [4.78, 5) is 2.55. The van der Waals surface area contributed by atoms with Crippen molar-refractivity contribution in [2.75, 3.05) is 13.7 Å². The molecular weight excluding hydrogens is 250 g/mol. The normalized spacial score (nSPS) is 19.0. The van der Waals surface area contributed by atoms with Gasteiger partial charge in [0.15, 0.2) is 11.5 Å². The number of hydrogen-bond donors (Lipinski definition) is 0. The molecule has 0 fully saturated rings. The Bertz CT molecular complexity index is 457. The van der Waals surface area contributed by atoms with Crippen LogP contribution in [0.25, 0.3) is 0 Å². The molecule has 1 unspecified atom stereocenters. The van der Waals surface area contributed by atoms with Gasteiger partial charge in [-0.2, -0.15) is 0 Å². The van der Waals surface area contributed by atoms with Crippen molar-refractivity contribution >= 4 is 0 Å². The summed E-state index contributed by atoms with van der Waals surface area (Å²) >= 11 is 0. The maximum Gasteiger partial charge on any atom is 0.165 e. The highest BCUT2D eigenvalue weighted by atomic mass is 16.5. The van der Waals surface area contributed by atoms with Crippen molar-refractivity contribution in [2.45, 2.75) is 59.2 Å². The molecule has 1 aromatic carbocycles. The number of fused-ring (bicyclic) bond motifs is 1. The van der Waals surface area contributed by atoms with Gasteiger partial charge < -0.3 is 9.47 Å². The predicted octanol–water partition coefficient (Wildman–Crippen LogP) is 3.64. The fourth-order valence-electron chi connectivity index (χ4n) is 2.93. The molecule has 20 heavy (non-hydrogen) atoms. The summed E-state index contributed by atoms with van der Waals surface area (Å²) in [5, 5.41) is 0. The Morgan fingerprint density at radius 2 is 2.10 bits per heavy atom. The molecule has 0 radical (unpaired) electrons. The first-order valence-electron chi connectivity index (χ1n) is 7.66. The van der Waals surface area contributed by atoms with Crippen molar-refractivity contribution in [3.8, 4) is 11.5 Å². The monoisotopic (exact) mass is 277 g/mol. The average Bonchev–Trinajstić information content (AvgIpc) is 2.40. The van der Waals surface area contributed by atoms with Crippen LogP contribution in [0.15, 0.2) is 12.1 Å². The maximum absolute atomic E-state index is 6.03. The SMILES string of the molecule is CCCN1Cc2ccc(OC)c(OC(C)C)c2CC1C. The Balaban J connectivity index is 2.36. The third-order valence-corrected chi connectivity index (χ3v) is 3.90. The van der Waals surface area contributed by atoms with Crippen LogP contribution in [-0.4, -0.2) is 30.7 Å². The Hall–Kier alpha value is -1.22. The van der Waals surface area contributed by atoms with Gasteiger partial charge in [-0.1, -0.05) is 13.0 Å². The van der Waals surface area contributed by atoms with Crippen molar-refractivity contribution in [3.63, 3.8) is 0 Å². The first kappa shape index (κ1) is 15.2. The van der Waals surface area contributed by atoms with Crippen LogP contribution in [0, 0.1) is 0 Å². The van der Waals surface area contributed by atoms with Gasteiger partial charge in [-0.15, -0.1) is 0 Å². The predicted molar refractivity (Wildman–Crippen MR) is 82.6 cm³/mol. The molecule has 0 N–H and O–H groups in total. The van der Waals surface area contributed by atoms with E-state index in [0.717, 1.165) is 31.0 Å². The average molecular weight is 277 g/mol. The minimum Gasteiger partial charge on any atom is -0.493 e. The summed E-state index contributed by atoms with van der Waals surface area (Å²) in [5.74, 6) is 1.80. The molecule has 1 atom stereocenters. The molecule has 1 aliphatic rings. The first-order valence-corrected chi connectivity index (χ1v) is 7.66. The Labute approximate surface area is 122 Å². The zero-order valence-electron chi connectivity index (χ0n) is 13.4. The highest BCUT2D eigenvalue weighted by molar-refractivity contribution is 5.52. The van der Waals surface area contributed by atoms with E-state index in [0.29, 0.717) is 6.04 Å². The molecule has 0 saturated carbocycles. The van der Waals surface area contributed by atoms with Gasteiger partial charge >= 0.3 is 0 Å². The molecule has 0 bridgehead atoms. The molecule has 112 valence electrons. The van der Waals surface area contributed by atoms with Crippen molar-refractivity contribution < 1.29 is 9.47 Å². The van der Waals surface area contributed by atoms with E-state index in [-0.39, 0.29) is 6.10 Å². The Morgan fingerprint density at radius 3 is 2.70 bits per heavy atom. The van der Waals surface area contributed by atoms with Gasteiger partial charge in [0.25, 0.3) is 0 Å². The Kier molecular flexibility index (Phi) is 4.92. The number of methoxy groups -OCH3 is 1. The van der Waals surface area contributed by atoms with Gasteiger partial charge in [0.2, 0.25) is 0 Å². The van der Waals surface area contributed by atoms with Crippen LogP contribution in [0.2, 0.25) is 0 Å². The smallest absolute Gasteiger partial charge is 0.165 e. The van der Waals surface area contributed by atoms with Crippen LogP contribution in [-0.2, 0) is 13.0 Å². The Morgan fingerprint density at radius 1 is 1.35 bits per heavy atom. The lowest BCUT2D eigenvalue weighted by Gasteiger charge is -2.36. The topological polar surface area (TPSA) is 21.7 Å². The zero-order chi connectivity index (χ0) is 14.7. The minimum atomic E-state index is 0.166. The lowest BCUT2D eigenvalue weighted by Crippen LogP contribution is -2.39. The highest BCUT2D eigenvalue weighted by Crippen LogP contribution is 2.38. The molecule has 0 spiro atoms. The van der Waals surface area contributed by atoms with Crippen LogP contribution in [0.5, 0.6) is 11.5 Å². The van der Waals surface area contributed by atoms with Crippen molar-refractivity contribution in [1.82, 2.24) is 4.90 Å². The highest BCUT2D eigenvalue weighted by Gasteiger charge is 2.26. The van der Waals surface area contributed by atoms with Crippen LogP contribution in [0.3, 0.4) is 0 Å². The number of rotatable bonds is 5.